The predicted molar refractivity (Wildman–Crippen MR) is 74.6 cm³/mol. The molecule has 2 heterocycles. The third-order valence-corrected chi connectivity index (χ3v) is 4.41. The third kappa shape index (κ3) is 2.35. The van der Waals surface area contributed by atoms with Crippen molar-refractivity contribution in [2.75, 3.05) is 12.4 Å². The highest BCUT2D eigenvalue weighted by atomic mass is 79.9. The van der Waals surface area contributed by atoms with Gasteiger partial charge in [-0.15, -0.1) is 11.3 Å². The fourth-order valence-electron chi connectivity index (χ4n) is 1.73. The van der Waals surface area contributed by atoms with Gasteiger partial charge in [-0.2, -0.15) is 0 Å². The number of thiophene rings is 1. The average molecular weight is 310 g/mol. The highest BCUT2D eigenvalue weighted by Crippen LogP contribution is 2.40. The van der Waals surface area contributed by atoms with Crippen molar-refractivity contribution in [1.29, 1.82) is 0 Å². The third-order valence-electron chi connectivity index (χ3n) is 2.79. The summed E-state index contributed by atoms with van der Waals surface area (Å²) in [6.07, 6.45) is 2.52. The maximum atomic E-state index is 4.67. The zero-order valence-corrected chi connectivity index (χ0v) is 11.8. The van der Waals surface area contributed by atoms with Crippen molar-refractivity contribution >= 4 is 33.1 Å². The van der Waals surface area contributed by atoms with Crippen LogP contribution in [0, 0.1) is 0 Å². The topological polar surface area (TPSA) is 37.8 Å². The van der Waals surface area contributed by atoms with Gasteiger partial charge in [0.15, 0.2) is 5.82 Å². The summed E-state index contributed by atoms with van der Waals surface area (Å²) < 4.78 is 1.11. The highest BCUT2D eigenvalue weighted by Gasteiger charge is 2.26. The summed E-state index contributed by atoms with van der Waals surface area (Å²) in [6.45, 7) is 0. The molecule has 0 radical (unpaired) electrons. The number of nitrogens with zero attached hydrogens (tertiary/aromatic N) is 2. The quantitative estimate of drug-likeness (QED) is 0.934. The molecule has 1 aliphatic carbocycles. The Kier molecular flexibility index (Phi) is 2.88. The van der Waals surface area contributed by atoms with E-state index in [0.29, 0.717) is 5.92 Å². The predicted octanol–water partition coefficient (Wildman–Crippen LogP) is 3.89. The van der Waals surface area contributed by atoms with E-state index < -0.39 is 0 Å². The summed E-state index contributed by atoms with van der Waals surface area (Å²) in [6, 6.07) is 6.15. The monoisotopic (exact) mass is 309 g/mol. The van der Waals surface area contributed by atoms with Crippen molar-refractivity contribution in [3.05, 3.63) is 27.7 Å². The van der Waals surface area contributed by atoms with Gasteiger partial charge in [0.1, 0.15) is 5.82 Å². The number of aromatic nitrogens is 2. The van der Waals surface area contributed by atoms with Crippen LogP contribution in [0.3, 0.4) is 0 Å². The zero-order chi connectivity index (χ0) is 11.8. The van der Waals surface area contributed by atoms with Crippen molar-refractivity contribution in [2.45, 2.75) is 18.8 Å². The SMILES string of the molecule is CNc1cc(C2CC2)nc(-c2ccc(Br)s2)n1. The number of nitrogens with one attached hydrogen (secondary N) is 1. The lowest BCUT2D eigenvalue weighted by atomic mass is 10.2. The molecule has 88 valence electrons. The molecule has 0 saturated heterocycles. The Morgan fingerprint density at radius 2 is 2.18 bits per heavy atom. The molecule has 0 bridgehead atoms. The van der Waals surface area contributed by atoms with Gasteiger partial charge < -0.3 is 5.32 Å². The molecule has 1 fully saturated rings. The maximum absolute atomic E-state index is 4.67. The molecule has 0 aliphatic heterocycles. The van der Waals surface area contributed by atoms with Crippen LogP contribution in [-0.4, -0.2) is 17.0 Å². The first-order valence-corrected chi connectivity index (χ1v) is 7.19. The first-order valence-electron chi connectivity index (χ1n) is 5.58. The molecule has 3 nitrogen and oxygen atoms in total. The van der Waals surface area contributed by atoms with Gasteiger partial charge in [-0.25, -0.2) is 9.97 Å². The fraction of sp³-hybridized carbons (Fsp3) is 0.333. The van der Waals surface area contributed by atoms with Crippen LogP contribution in [0.25, 0.3) is 10.7 Å². The fourth-order valence-corrected chi connectivity index (χ4v) is 3.05. The Labute approximate surface area is 112 Å². The second-order valence-corrected chi connectivity index (χ2v) is 6.59. The molecular weight excluding hydrogens is 298 g/mol. The molecule has 3 rings (SSSR count). The molecule has 1 N–H and O–H groups in total. The van der Waals surface area contributed by atoms with E-state index in [4.69, 9.17) is 0 Å². The van der Waals surface area contributed by atoms with E-state index in [1.807, 2.05) is 13.1 Å². The molecule has 1 saturated carbocycles. The molecule has 17 heavy (non-hydrogen) atoms. The van der Waals surface area contributed by atoms with Gasteiger partial charge >= 0.3 is 0 Å². The van der Waals surface area contributed by atoms with E-state index in [1.165, 1.54) is 18.5 Å². The van der Waals surface area contributed by atoms with Gasteiger partial charge in [-0.1, -0.05) is 0 Å². The number of hydrogen-bond donors (Lipinski definition) is 1. The molecule has 2 aromatic heterocycles. The molecule has 1 aliphatic rings. The van der Waals surface area contributed by atoms with Crippen LogP contribution in [0.4, 0.5) is 5.82 Å². The zero-order valence-electron chi connectivity index (χ0n) is 9.40. The van der Waals surface area contributed by atoms with Crippen molar-refractivity contribution < 1.29 is 0 Å². The number of hydrogen-bond acceptors (Lipinski definition) is 4. The van der Waals surface area contributed by atoms with Gasteiger partial charge in [0.2, 0.25) is 0 Å². The lowest BCUT2D eigenvalue weighted by Gasteiger charge is -2.05. The van der Waals surface area contributed by atoms with Crippen LogP contribution in [0.1, 0.15) is 24.5 Å². The minimum atomic E-state index is 0.646. The van der Waals surface area contributed by atoms with Gasteiger partial charge in [-0.3, -0.25) is 0 Å². The molecule has 2 aromatic rings. The number of anilines is 1. The van der Waals surface area contributed by atoms with Crippen LogP contribution in [0.2, 0.25) is 0 Å². The van der Waals surface area contributed by atoms with E-state index in [0.717, 1.165) is 20.3 Å². The Morgan fingerprint density at radius 3 is 2.76 bits per heavy atom. The standard InChI is InChI=1S/C12H12BrN3S/c1-14-11-6-8(7-2-3-7)15-12(16-11)9-4-5-10(13)17-9/h4-7H,2-3H2,1H3,(H,14,15,16). The molecule has 0 spiro atoms. The molecule has 5 heteroatoms. The summed E-state index contributed by atoms with van der Waals surface area (Å²) in [4.78, 5) is 10.3. The van der Waals surface area contributed by atoms with E-state index >= 15 is 0 Å². The second kappa shape index (κ2) is 4.38. The summed E-state index contributed by atoms with van der Waals surface area (Å²) >= 11 is 5.14. The van der Waals surface area contributed by atoms with Crippen LogP contribution in [-0.2, 0) is 0 Å². The molecule has 0 amide bonds. The minimum Gasteiger partial charge on any atom is -0.373 e. The summed E-state index contributed by atoms with van der Waals surface area (Å²) in [7, 11) is 1.90. The van der Waals surface area contributed by atoms with Gasteiger partial charge in [0, 0.05) is 24.7 Å². The van der Waals surface area contributed by atoms with E-state index in [1.54, 1.807) is 11.3 Å². The second-order valence-electron chi connectivity index (χ2n) is 4.13. The first kappa shape index (κ1) is 11.2. The van der Waals surface area contributed by atoms with Crippen molar-refractivity contribution in [2.24, 2.45) is 0 Å². The molecule has 0 atom stereocenters. The van der Waals surface area contributed by atoms with E-state index in [9.17, 15) is 0 Å². The first-order chi connectivity index (χ1) is 8.26. The van der Waals surface area contributed by atoms with Gasteiger partial charge in [-0.05, 0) is 40.9 Å². The summed E-state index contributed by atoms with van der Waals surface area (Å²) in [5.41, 5.74) is 1.17. The Balaban J connectivity index is 2.05. The van der Waals surface area contributed by atoms with Crippen LogP contribution < -0.4 is 5.32 Å². The smallest absolute Gasteiger partial charge is 0.171 e. The Morgan fingerprint density at radius 1 is 1.35 bits per heavy atom. The Bertz CT molecular complexity index is 548. The van der Waals surface area contributed by atoms with Gasteiger partial charge in [0.25, 0.3) is 0 Å². The van der Waals surface area contributed by atoms with Gasteiger partial charge in [0.05, 0.1) is 8.66 Å². The van der Waals surface area contributed by atoms with Crippen LogP contribution in [0.15, 0.2) is 22.0 Å². The van der Waals surface area contributed by atoms with Crippen LogP contribution in [0.5, 0.6) is 0 Å². The summed E-state index contributed by atoms with van der Waals surface area (Å²) in [5, 5.41) is 3.11. The lowest BCUT2D eigenvalue weighted by molar-refractivity contribution is 0.997. The molecule has 0 aromatic carbocycles. The van der Waals surface area contributed by atoms with E-state index in [2.05, 4.69) is 43.3 Å². The molecule has 0 unspecified atom stereocenters. The van der Waals surface area contributed by atoms with E-state index in [-0.39, 0.29) is 0 Å². The Hall–Kier alpha value is -0.940. The van der Waals surface area contributed by atoms with Crippen molar-refractivity contribution in [3.8, 4) is 10.7 Å². The number of rotatable bonds is 3. The lowest BCUT2D eigenvalue weighted by Crippen LogP contribution is -1.99. The largest absolute Gasteiger partial charge is 0.373 e. The number of halogens is 1. The normalized spacial score (nSPS) is 14.9. The van der Waals surface area contributed by atoms with Crippen LogP contribution >= 0.6 is 27.3 Å². The van der Waals surface area contributed by atoms with Crippen molar-refractivity contribution in [1.82, 2.24) is 9.97 Å². The maximum Gasteiger partial charge on any atom is 0.171 e. The highest BCUT2D eigenvalue weighted by molar-refractivity contribution is 9.11. The molecular formula is C12H12BrN3S. The minimum absolute atomic E-state index is 0.646. The van der Waals surface area contributed by atoms with Crippen molar-refractivity contribution in [3.63, 3.8) is 0 Å². The summed E-state index contributed by atoms with van der Waals surface area (Å²) in [5.74, 6) is 2.38. The average Bonchev–Trinajstić information content (AvgIpc) is 3.11.